The van der Waals surface area contributed by atoms with E-state index in [1.54, 1.807) is 0 Å². The van der Waals surface area contributed by atoms with Crippen LogP contribution in [0.2, 0.25) is 0 Å². The van der Waals surface area contributed by atoms with Gasteiger partial charge in [0.1, 0.15) is 23.7 Å². The van der Waals surface area contributed by atoms with Crippen molar-refractivity contribution in [3.63, 3.8) is 0 Å². The molecule has 18 nitrogen and oxygen atoms in total. The van der Waals surface area contributed by atoms with Crippen molar-refractivity contribution >= 4 is 58.0 Å². The molecule has 7 N–H and O–H groups in total. The van der Waals surface area contributed by atoms with Gasteiger partial charge in [-0.2, -0.15) is 8.42 Å². The third-order valence-corrected chi connectivity index (χ3v) is 8.25. The second-order valence-electron chi connectivity index (χ2n) is 9.42. The van der Waals surface area contributed by atoms with Gasteiger partial charge in [-0.3, -0.25) is 23.8 Å². The summed E-state index contributed by atoms with van der Waals surface area (Å²) in [6.45, 7) is -0.630. The SMILES string of the molecule is COC(=Cc1cccc(O)c1OS(=O)(=O)O)C(=O)OCC1=C(C(=O)O)N2C(=O)[C@](NC(=O)CCC[C@@H](N)C(=O)O)(OC)[C@H]2SC1. The number of hydrogen-bond acceptors (Lipinski definition) is 14. The third kappa shape index (κ3) is 7.84. The summed E-state index contributed by atoms with van der Waals surface area (Å²) in [5, 5.41) is 30.2. The van der Waals surface area contributed by atoms with Gasteiger partial charge in [0, 0.05) is 30.4 Å². The minimum atomic E-state index is -5.06. The van der Waals surface area contributed by atoms with Crippen LogP contribution in [0.1, 0.15) is 24.8 Å². The minimum absolute atomic E-state index is 0.00225. The molecular weight excluding hydrogens is 646 g/mol. The Hall–Kier alpha value is -4.37. The number of carboxylic acid groups (broad SMARTS) is 2. The van der Waals surface area contributed by atoms with Crippen LogP contribution in [0.5, 0.6) is 11.5 Å². The highest BCUT2D eigenvalue weighted by Crippen LogP contribution is 2.46. The topological polar surface area (TPSA) is 279 Å². The Morgan fingerprint density at radius 2 is 1.93 bits per heavy atom. The number of β-lactam (4-membered cyclic amide) rings is 1. The number of carboxylic acids is 2. The number of phenols is 1. The number of thioether (sulfide) groups is 1. The quantitative estimate of drug-likeness (QED) is 0.0338. The van der Waals surface area contributed by atoms with E-state index in [2.05, 4.69) is 9.50 Å². The lowest BCUT2D eigenvalue weighted by atomic mass is 9.97. The van der Waals surface area contributed by atoms with Crippen LogP contribution in [-0.2, 0) is 48.6 Å². The summed E-state index contributed by atoms with van der Waals surface area (Å²) in [6.07, 6.45) is 0.858. The zero-order valence-electron chi connectivity index (χ0n) is 23.6. The van der Waals surface area contributed by atoms with Gasteiger partial charge in [0.25, 0.3) is 11.6 Å². The number of carbonyl (C=O) groups is 5. The molecule has 2 heterocycles. The highest BCUT2D eigenvalue weighted by molar-refractivity contribution is 8.00. The van der Waals surface area contributed by atoms with Crippen LogP contribution in [0.15, 0.2) is 35.2 Å². The van der Waals surface area contributed by atoms with E-state index in [0.717, 1.165) is 43.0 Å². The standard InChI is InChI=1S/C25H29N3O15S2/c1-40-16(9-12-5-3-7-15(29)19(12)43-45(37,38)39)22(35)42-10-13-11-44-24-25(41-2,23(36)28(24)18(13)21(33)34)27-17(30)8-4-6-14(26)20(31)32/h3,5,7,9,14,24,29H,4,6,8,10-11,26H2,1-2H3,(H,27,30)(H,31,32)(H,33,34)(H,37,38,39)/t14-,24-,25+/m1/s1. The third-order valence-electron chi connectivity index (χ3n) is 6.49. The van der Waals surface area contributed by atoms with Crippen LogP contribution < -0.4 is 15.2 Å². The molecule has 3 rings (SSSR count). The number of fused-ring (bicyclic) bond motifs is 1. The minimum Gasteiger partial charge on any atom is -0.504 e. The molecule has 45 heavy (non-hydrogen) atoms. The molecule has 2 aliphatic heterocycles. The van der Waals surface area contributed by atoms with Crippen molar-refractivity contribution in [2.75, 3.05) is 26.6 Å². The lowest BCUT2D eigenvalue weighted by Crippen LogP contribution is -2.80. The van der Waals surface area contributed by atoms with Crippen molar-refractivity contribution in [3.8, 4) is 11.5 Å². The Balaban J connectivity index is 1.76. The second-order valence-corrected chi connectivity index (χ2v) is 11.5. The molecule has 1 saturated heterocycles. The Morgan fingerprint density at radius 3 is 2.51 bits per heavy atom. The molecule has 1 fully saturated rings. The first-order chi connectivity index (χ1) is 21.1. The van der Waals surface area contributed by atoms with E-state index in [4.69, 9.17) is 29.6 Å². The van der Waals surface area contributed by atoms with Gasteiger partial charge >= 0.3 is 28.3 Å². The highest BCUT2D eigenvalue weighted by Gasteiger charge is 2.66. The fraction of sp³-hybridized carbons (Fsp3) is 0.400. The number of nitrogens with zero attached hydrogens (tertiary/aromatic N) is 1. The maximum Gasteiger partial charge on any atom is 0.446 e. The van der Waals surface area contributed by atoms with Gasteiger partial charge in [-0.15, -0.1) is 11.8 Å². The molecule has 0 unspecified atom stereocenters. The summed E-state index contributed by atoms with van der Waals surface area (Å²) < 4.78 is 51.2. The number of nitrogens with one attached hydrogen (secondary N) is 1. The lowest BCUT2D eigenvalue weighted by molar-refractivity contribution is -0.192. The Kier molecular flexibility index (Phi) is 11.0. The zero-order chi connectivity index (χ0) is 33.7. The van der Waals surface area contributed by atoms with Gasteiger partial charge in [-0.25, -0.2) is 9.59 Å². The largest absolute Gasteiger partial charge is 0.504 e. The average molecular weight is 676 g/mol. The van der Waals surface area contributed by atoms with Crippen molar-refractivity contribution in [1.82, 2.24) is 10.2 Å². The van der Waals surface area contributed by atoms with Crippen LogP contribution >= 0.6 is 11.8 Å². The van der Waals surface area contributed by atoms with Gasteiger partial charge in [0.2, 0.25) is 11.7 Å². The van der Waals surface area contributed by atoms with Gasteiger partial charge in [0.05, 0.1) is 7.11 Å². The van der Waals surface area contributed by atoms with E-state index in [1.807, 2.05) is 0 Å². The number of carbonyl (C=O) groups excluding carboxylic acids is 3. The molecule has 0 saturated carbocycles. The van der Waals surface area contributed by atoms with Gasteiger partial charge in [0.15, 0.2) is 11.5 Å². The number of nitrogens with two attached hydrogens (primary N) is 1. The predicted octanol–water partition coefficient (Wildman–Crippen LogP) is -0.601. The van der Waals surface area contributed by atoms with E-state index >= 15 is 0 Å². The molecule has 0 aliphatic carbocycles. The van der Waals surface area contributed by atoms with E-state index in [9.17, 15) is 42.6 Å². The van der Waals surface area contributed by atoms with Crippen molar-refractivity contribution < 1.29 is 70.7 Å². The Bertz CT molecular complexity index is 1560. The number of benzene rings is 1. The van der Waals surface area contributed by atoms with Gasteiger partial charge in [-0.05, 0) is 25.0 Å². The number of ether oxygens (including phenoxy) is 3. The van der Waals surface area contributed by atoms with Crippen LogP contribution in [0.4, 0.5) is 0 Å². The van der Waals surface area contributed by atoms with E-state index in [1.165, 1.54) is 12.1 Å². The Morgan fingerprint density at radius 1 is 1.24 bits per heavy atom. The van der Waals surface area contributed by atoms with Crippen LogP contribution in [0, 0.1) is 0 Å². The van der Waals surface area contributed by atoms with E-state index < -0.39 is 86.8 Å². The summed E-state index contributed by atoms with van der Waals surface area (Å²) in [5.74, 6) is -7.51. The summed E-state index contributed by atoms with van der Waals surface area (Å²) in [6, 6.07) is 2.38. The number of esters is 1. The molecule has 1 aromatic rings. The highest BCUT2D eigenvalue weighted by atomic mass is 32.3. The molecule has 20 heteroatoms. The second kappa shape index (κ2) is 14.2. The molecule has 246 valence electrons. The average Bonchev–Trinajstić information content (AvgIpc) is 2.97. The maximum absolute atomic E-state index is 13.2. The smallest absolute Gasteiger partial charge is 0.446 e. The van der Waals surface area contributed by atoms with Crippen molar-refractivity contribution in [3.05, 3.63) is 40.8 Å². The van der Waals surface area contributed by atoms with Crippen LogP contribution in [0.25, 0.3) is 6.08 Å². The first-order valence-corrected chi connectivity index (χ1v) is 15.1. The molecule has 2 aliphatic rings. The summed E-state index contributed by atoms with van der Waals surface area (Å²) in [5.41, 5.74) is 2.81. The predicted molar refractivity (Wildman–Crippen MR) is 151 cm³/mol. The van der Waals surface area contributed by atoms with Gasteiger partial charge in [-0.1, -0.05) is 12.1 Å². The first kappa shape index (κ1) is 35.1. The molecule has 0 spiro atoms. The molecule has 3 atom stereocenters. The van der Waals surface area contributed by atoms with Crippen LogP contribution in [0.3, 0.4) is 0 Å². The molecule has 1 aromatic carbocycles. The fourth-order valence-electron chi connectivity index (χ4n) is 4.35. The molecule has 0 aromatic heterocycles. The monoisotopic (exact) mass is 675 g/mol. The van der Waals surface area contributed by atoms with Crippen molar-refractivity contribution in [1.29, 1.82) is 0 Å². The number of phenolic OH excluding ortho intramolecular Hbond substituents is 1. The zero-order valence-corrected chi connectivity index (χ0v) is 25.3. The summed E-state index contributed by atoms with van der Waals surface area (Å²) in [7, 11) is -2.84. The van der Waals surface area contributed by atoms with Crippen LogP contribution in [-0.4, -0.2) is 107 Å². The first-order valence-electron chi connectivity index (χ1n) is 12.7. The van der Waals surface area contributed by atoms with Crippen molar-refractivity contribution in [2.45, 2.75) is 36.4 Å². The number of rotatable bonds is 15. The number of methoxy groups -OCH3 is 2. The van der Waals surface area contributed by atoms with Gasteiger partial charge < -0.3 is 44.8 Å². The molecular formula is C25H29N3O15S2. The number of aromatic hydroxyl groups is 1. The normalized spacial score (nSPS) is 20.4. The number of amides is 2. The molecule has 0 radical (unpaired) electrons. The van der Waals surface area contributed by atoms with E-state index in [0.29, 0.717) is 0 Å². The van der Waals surface area contributed by atoms with Crippen molar-refractivity contribution in [2.24, 2.45) is 5.73 Å². The molecule has 2 amide bonds. The maximum atomic E-state index is 13.2. The number of hydrogen-bond donors (Lipinski definition) is 6. The lowest BCUT2D eigenvalue weighted by Gasteiger charge is -2.55. The summed E-state index contributed by atoms with van der Waals surface area (Å²) in [4.78, 5) is 62.5. The number of para-hydroxylation sites is 1. The Labute approximate surface area is 259 Å². The van der Waals surface area contributed by atoms with E-state index in [-0.39, 0.29) is 36.2 Å². The molecule has 0 bridgehead atoms. The number of aliphatic carboxylic acids is 2. The summed E-state index contributed by atoms with van der Waals surface area (Å²) >= 11 is 1.01. The fourth-order valence-corrected chi connectivity index (χ4v) is 6.16.